The topological polar surface area (TPSA) is 52.3 Å². The number of hydrogen-bond donors (Lipinski definition) is 1. The van der Waals surface area contributed by atoms with Gasteiger partial charge in [-0.1, -0.05) is 11.6 Å². The predicted octanol–water partition coefficient (Wildman–Crippen LogP) is 3.50. The minimum absolute atomic E-state index is 0.0177. The van der Waals surface area contributed by atoms with Gasteiger partial charge in [-0.05, 0) is 32.9 Å². The zero-order valence-corrected chi connectivity index (χ0v) is 12.0. The van der Waals surface area contributed by atoms with Crippen molar-refractivity contribution in [3.63, 3.8) is 0 Å². The van der Waals surface area contributed by atoms with Crippen LogP contribution in [0.2, 0.25) is 5.02 Å². The lowest BCUT2D eigenvalue weighted by Gasteiger charge is -2.19. The summed E-state index contributed by atoms with van der Waals surface area (Å²) in [5, 5.41) is -0.0177. The van der Waals surface area contributed by atoms with Crippen LogP contribution in [0.3, 0.4) is 0 Å². The Morgan fingerprint density at radius 2 is 2.11 bits per heavy atom. The highest BCUT2D eigenvalue weighted by atomic mass is 35.5. The smallest absolute Gasteiger partial charge is 0.316 e. The molecule has 0 heterocycles. The number of nitrogen functional groups attached to an aromatic ring is 1. The number of carbonyl (C=O) groups is 1. The first kappa shape index (κ1) is 15.1. The van der Waals surface area contributed by atoms with E-state index in [9.17, 15) is 9.18 Å². The number of benzene rings is 1. The molecule has 0 unspecified atom stereocenters. The summed E-state index contributed by atoms with van der Waals surface area (Å²) in [5.41, 5.74) is 5.36. The Morgan fingerprint density at radius 3 is 2.67 bits per heavy atom. The highest BCUT2D eigenvalue weighted by molar-refractivity contribution is 8.00. The number of nitrogens with two attached hydrogens (primary N) is 1. The van der Waals surface area contributed by atoms with Gasteiger partial charge >= 0.3 is 5.97 Å². The molecule has 0 aromatic heterocycles. The first-order valence-electron chi connectivity index (χ1n) is 5.28. The monoisotopic (exact) mass is 291 g/mol. The molecule has 100 valence electrons. The molecule has 0 aliphatic rings. The Balaban J connectivity index is 2.64. The lowest BCUT2D eigenvalue weighted by Crippen LogP contribution is -2.24. The van der Waals surface area contributed by atoms with E-state index in [1.165, 1.54) is 17.8 Å². The lowest BCUT2D eigenvalue weighted by molar-refractivity contribution is -0.151. The van der Waals surface area contributed by atoms with Crippen LogP contribution in [-0.4, -0.2) is 17.3 Å². The van der Waals surface area contributed by atoms with Crippen LogP contribution in [-0.2, 0) is 9.53 Å². The van der Waals surface area contributed by atoms with Crippen molar-refractivity contribution in [1.29, 1.82) is 0 Å². The van der Waals surface area contributed by atoms with Crippen LogP contribution in [0.1, 0.15) is 20.8 Å². The van der Waals surface area contributed by atoms with Gasteiger partial charge in [0, 0.05) is 10.6 Å². The fourth-order valence-corrected chi connectivity index (χ4v) is 2.16. The molecule has 2 N–H and O–H groups in total. The average molecular weight is 292 g/mol. The van der Waals surface area contributed by atoms with Crippen molar-refractivity contribution in [2.24, 2.45) is 0 Å². The maximum Gasteiger partial charge on any atom is 0.316 e. The number of ether oxygens (including phenoxy) is 1. The molecule has 1 rings (SSSR count). The SMILES string of the molecule is CC(C)(C)OC(=O)CSc1cc(Cl)c(F)cc1N. The van der Waals surface area contributed by atoms with Crippen LogP contribution in [0.5, 0.6) is 0 Å². The minimum atomic E-state index is -0.573. The highest BCUT2D eigenvalue weighted by Crippen LogP contribution is 2.30. The van der Waals surface area contributed by atoms with E-state index in [0.29, 0.717) is 4.90 Å². The Labute approximate surface area is 115 Å². The first-order chi connectivity index (χ1) is 8.19. The third-order valence-electron chi connectivity index (χ3n) is 1.82. The molecule has 0 saturated heterocycles. The summed E-state index contributed by atoms with van der Waals surface area (Å²) in [6.07, 6.45) is 0. The number of anilines is 1. The Kier molecular flexibility index (Phi) is 4.87. The van der Waals surface area contributed by atoms with Gasteiger partial charge in [0.05, 0.1) is 10.8 Å². The predicted molar refractivity (Wildman–Crippen MR) is 72.4 cm³/mol. The Bertz CT molecular complexity index is 460. The molecule has 3 nitrogen and oxygen atoms in total. The van der Waals surface area contributed by atoms with Crippen LogP contribution in [0.25, 0.3) is 0 Å². The molecule has 0 aliphatic carbocycles. The third kappa shape index (κ3) is 4.74. The average Bonchev–Trinajstić information content (AvgIpc) is 2.19. The molecule has 0 fully saturated rings. The van der Waals surface area contributed by atoms with E-state index < -0.39 is 11.4 Å². The van der Waals surface area contributed by atoms with Gasteiger partial charge in [-0.15, -0.1) is 11.8 Å². The summed E-state index contributed by atoms with van der Waals surface area (Å²) in [4.78, 5) is 12.1. The summed E-state index contributed by atoms with van der Waals surface area (Å²) in [6.45, 7) is 5.37. The third-order valence-corrected chi connectivity index (χ3v) is 3.15. The van der Waals surface area contributed by atoms with Gasteiger partial charge in [-0.25, -0.2) is 4.39 Å². The lowest BCUT2D eigenvalue weighted by atomic mass is 10.2. The second-order valence-corrected chi connectivity index (χ2v) is 6.10. The summed E-state index contributed by atoms with van der Waals surface area (Å²) < 4.78 is 18.2. The Hall–Kier alpha value is -0.940. The molecule has 0 radical (unpaired) electrons. The maximum absolute atomic E-state index is 13.1. The number of halogens is 2. The minimum Gasteiger partial charge on any atom is -0.459 e. The van der Waals surface area contributed by atoms with E-state index in [0.717, 1.165) is 6.07 Å². The summed E-state index contributed by atoms with van der Waals surface area (Å²) in [6, 6.07) is 2.54. The maximum atomic E-state index is 13.1. The second-order valence-electron chi connectivity index (χ2n) is 4.68. The normalized spacial score (nSPS) is 11.4. The number of carbonyl (C=O) groups excluding carboxylic acids is 1. The van der Waals surface area contributed by atoms with Gasteiger partial charge in [0.1, 0.15) is 11.4 Å². The summed E-state index contributed by atoms with van der Waals surface area (Å²) >= 11 is 6.82. The molecule has 1 aromatic rings. The number of rotatable bonds is 3. The van der Waals surface area contributed by atoms with Gasteiger partial charge in [0.25, 0.3) is 0 Å². The number of thioether (sulfide) groups is 1. The van der Waals surface area contributed by atoms with Crippen LogP contribution >= 0.6 is 23.4 Å². The van der Waals surface area contributed by atoms with Crippen LogP contribution in [0, 0.1) is 5.82 Å². The van der Waals surface area contributed by atoms with Crippen LogP contribution in [0.4, 0.5) is 10.1 Å². The molecule has 0 aliphatic heterocycles. The van der Waals surface area contributed by atoms with Crippen molar-refractivity contribution < 1.29 is 13.9 Å². The molecule has 0 saturated carbocycles. The van der Waals surface area contributed by atoms with Gasteiger partial charge in [-0.2, -0.15) is 0 Å². The van der Waals surface area contributed by atoms with Crippen molar-refractivity contribution >= 4 is 35.0 Å². The van der Waals surface area contributed by atoms with E-state index in [2.05, 4.69) is 0 Å². The molecule has 1 aromatic carbocycles. The molecule has 0 amide bonds. The van der Waals surface area contributed by atoms with Gasteiger partial charge in [-0.3, -0.25) is 4.79 Å². The standard InChI is InChI=1S/C12H15ClFNO2S/c1-12(2,3)17-11(16)6-18-10-4-7(13)8(14)5-9(10)15/h4-5H,6,15H2,1-3H3. The molecular weight excluding hydrogens is 277 g/mol. The van der Waals surface area contributed by atoms with E-state index in [1.54, 1.807) is 20.8 Å². The number of esters is 1. The molecule has 18 heavy (non-hydrogen) atoms. The molecular formula is C12H15ClFNO2S. The first-order valence-corrected chi connectivity index (χ1v) is 6.64. The molecule has 0 atom stereocenters. The fourth-order valence-electron chi connectivity index (χ4n) is 1.18. The van der Waals surface area contributed by atoms with Gasteiger partial charge < -0.3 is 10.5 Å². The van der Waals surface area contributed by atoms with Crippen molar-refractivity contribution in [2.75, 3.05) is 11.5 Å². The van der Waals surface area contributed by atoms with Crippen molar-refractivity contribution in [3.05, 3.63) is 23.0 Å². The van der Waals surface area contributed by atoms with Crippen LogP contribution in [0.15, 0.2) is 17.0 Å². The van der Waals surface area contributed by atoms with Gasteiger partial charge in [0.15, 0.2) is 0 Å². The van der Waals surface area contributed by atoms with Crippen molar-refractivity contribution in [3.8, 4) is 0 Å². The summed E-state index contributed by atoms with van der Waals surface area (Å²) in [5.74, 6) is -0.827. The van der Waals surface area contributed by atoms with E-state index in [1.807, 2.05) is 0 Å². The van der Waals surface area contributed by atoms with Crippen molar-refractivity contribution in [2.45, 2.75) is 31.3 Å². The number of hydrogen-bond acceptors (Lipinski definition) is 4. The zero-order valence-electron chi connectivity index (χ0n) is 10.4. The Morgan fingerprint density at radius 1 is 1.50 bits per heavy atom. The van der Waals surface area contributed by atoms with E-state index in [4.69, 9.17) is 22.1 Å². The molecule has 0 bridgehead atoms. The molecule has 6 heteroatoms. The van der Waals surface area contributed by atoms with Gasteiger partial charge in [0.2, 0.25) is 0 Å². The second kappa shape index (κ2) is 5.80. The summed E-state index contributed by atoms with van der Waals surface area (Å²) in [7, 11) is 0. The van der Waals surface area contributed by atoms with E-state index >= 15 is 0 Å². The quantitative estimate of drug-likeness (QED) is 0.526. The van der Waals surface area contributed by atoms with Crippen molar-refractivity contribution in [1.82, 2.24) is 0 Å². The molecule has 0 spiro atoms. The zero-order chi connectivity index (χ0) is 13.9. The fraction of sp³-hybridized carbons (Fsp3) is 0.417. The largest absolute Gasteiger partial charge is 0.459 e. The van der Waals surface area contributed by atoms with E-state index in [-0.39, 0.29) is 22.4 Å². The van der Waals surface area contributed by atoms with Crippen LogP contribution < -0.4 is 5.73 Å². The highest BCUT2D eigenvalue weighted by Gasteiger charge is 2.17.